The van der Waals surface area contributed by atoms with Crippen LogP contribution in [0, 0.1) is 11.8 Å². The van der Waals surface area contributed by atoms with Crippen molar-refractivity contribution < 1.29 is 17.9 Å². The summed E-state index contributed by atoms with van der Waals surface area (Å²) in [6.45, 7) is 8.81. The van der Waals surface area contributed by atoms with Gasteiger partial charge in [0.15, 0.2) is 6.61 Å². The first kappa shape index (κ1) is 22.9. The fourth-order valence-corrected chi connectivity index (χ4v) is 4.57. The Balaban J connectivity index is 2.02. The molecule has 7 heteroatoms. The Morgan fingerprint density at radius 1 is 0.931 bits per heavy atom. The van der Waals surface area contributed by atoms with E-state index in [4.69, 9.17) is 4.74 Å². The first-order valence-electron chi connectivity index (χ1n) is 9.76. The van der Waals surface area contributed by atoms with E-state index in [1.807, 2.05) is 45.9 Å². The molecular weight excluding hydrogens is 388 g/mol. The van der Waals surface area contributed by atoms with Gasteiger partial charge < -0.3 is 10.1 Å². The lowest BCUT2D eigenvalue weighted by molar-refractivity contribution is -0.118. The van der Waals surface area contributed by atoms with E-state index in [-0.39, 0.29) is 29.2 Å². The van der Waals surface area contributed by atoms with E-state index in [9.17, 15) is 13.2 Å². The molecule has 0 aliphatic heterocycles. The van der Waals surface area contributed by atoms with Crippen LogP contribution in [0.25, 0.3) is 0 Å². The third-order valence-electron chi connectivity index (χ3n) is 4.03. The highest BCUT2D eigenvalue weighted by molar-refractivity contribution is 7.89. The van der Waals surface area contributed by atoms with Gasteiger partial charge in [0, 0.05) is 18.8 Å². The normalized spacial score (nSPS) is 11.8. The molecule has 29 heavy (non-hydrogen) atoms. The lowest BCUT2D eigenvalue weighted by atomic mass is 10.2. The number of benzene rings is 2. The fourth-order valence-electron chi connectivity index (χ4n) is 2.81. The van der Waals surface area contributed by atoms with Gasteiger partial charge >= 0.3 is 0 Å². The largest absolute Gasteiger partial charge is 0.484 e. The summed E-state index contributed by atoms with van der Waals surface area (Å²) in [7, 11) is -3.59. The summed E-state index contributed by atoms with van der Waals surface area (Å²) >= 11 is 0. The summed E-state index contributed by atoms with van der Waals surface area (Å²) in [4.78, 5) is 12.3. The molecule has 0 radical (unpaired) electrons. The van der Waals surface area contributed by atoms with Gasteiger partial charge in [-0.25, -0.2) is 8.42 Å². The zero-order chi connectivity index (χ0) is 21.4. The Morgan fingerprint density at radius 2 is 1.48 bits per heavy atom. The Kier molecular flexibility index (Phi) is 8.22. The molecule has 2 aromatic carbocycles. The highest BCUT2D eigenvalue weighted by atomic mass is 32.2. The number of ether oxygens (including phenoxy) is 1. The number of rotatable bonds is 10. The van der Waals surface area contributed by atoms with E-state index in [2.05, 4.69) is 5.32 Å². The predicted octanol–water partition coefficient (Wildman–Crippen LogP) is 4.01. The van der Waals surface area contributed by atoms with E-state index in [0.717, 1.165) is 0 Å². The van der Waals surface area contributed by atoms with Crippen molar-refractivity contribution in [3.8, 4) is 5.75 Å². The standard InChI is InChI=1S/C22H30N2O4S/c1-17(2)14-24(15-18(3)4)29(26,27)21-12-10-19(11-13-21)23-22(25)16-28-20-8-6-5-7-9-20/h5-13,17-18H,14-16H2,1-4H3,(H,23,25). The summed E-state index contributed by atoms with van der Waals surface area (Å²) in [6, 6.07) is 15.3. The van der Waals surface area contributed by atoms with Crippen LogP contribution in [-0.4, -0.2) is 38.3 Å². The number of carbonyl (C=O) groups excluding carboxylic acids is 1. The van der Waals surface area contributed by atoms with Crippen LogP contribution in [0.3, 0.4) is 0 Å². The van der Waals surface area contributed by atoms with Crippen molar-refractivity contribution in [1.29, 1.82) is 0 Å². The molecule has 0 bridgehead atoms. The molecule has 0 fully saturated rings. The third-order valence-corrected chi connectivity index (χ3v) is 5.87. The molecule has 2 rings (SSSR count). The number of nitrogens with one attached hydrogen (secondary N) is 1. The molecule has 0 unspecified atom stereocenters. The smallest absolute Gasteiger partial charge is 0.262 e. The summed E-state index contributed by atoms with van der Waals surface area (Å²) in [5, 5.41) is 2.71. The quantitative estimate of drug-likeness (QED) is 0.633. The highest BCUT2D eigenvalue weighted by Gasteiger charge is 2.25. The maximum Gasteiger partial charge on any atom is 0.262 e. The maximum atomic E-state index is 13.0. The third kappa shape index (κ3) is 7.18. The second kappa shape index (κ2) is 10.4. The van der Waals surface area contributed by atoms with Gasteiger partial charge in [0.05, 0.1) is 4.90 Å². The topological polar surface area (TPSA) is 75.7 Å². The van der Waals surface area contributed by atoms with Gasteiger partial charge in [-0.2, -0.15) is 4.31 Å². The van der Waals surface area contributed by atoms with Crippen LogP contribution in [0.5, 0.6) is 5.75 Å². The van der Waals surface area contributed by atoms with Crippen molar-refractivity contribution in [3.63, 3.8) is 0 Å². The average Bonchev–Trinajstić information content (AvgIpc) is 2.66. The molecule has 0 saturated heterocycles. The lowest BCUT2D eigenvalue weighted by Gasteiger charge is -2.25. The van der Waals surface area contributed by atoms with Crippen LogP contribution in [-0.2, 0) is 14.8 Å². The summed E-state index contributed by atoms with van der Waals surface area (Å²) in [6.07, 6.45) is 0. The molecule has 0 aromatic heterocycles. The first-order chi connectivity index (χ1) is 13.7. The molecule has 0 aliphatic carbocycles. The molecule has 1 N–H and O–H groups in total. The summed E-state index contributed by atoms with van der Waals surface area (Å²) < 4.78 is 33.0. The van der Waals surface area contributed by atoms with E-state index in [0.29, 0.717) is 24.5 Å². The number of hydrogen-bond acceptors (Lipinski definition) is 4. The van der Waals surface area contributed by atoms with Crippen molar-refractivity contribution in [2.75, 3.05) is 25.0 Å². The van der Waals surface area contributed by atoms with Crippen molar-refractivity contribution in [3.05, 3.63) is 54.6 Å². The average molecular weight is 419 g/mol. The number of para-hydroxylation sites is 1. The Bertz CT molecular complexity index is 869. The van der Waals surface area contributed by atoms with Gasteiger partial charge in [-0.1, -0.05) is 45.9 Å². The molecule has 1 amide bonds. The number of hydrogen-bond donors (Lipinski definition) is 1. The van der Waals surface area contributed by atoms with Crippen molar-refractivity contribution in [1.82, 2.24) is 4.31 Å². The fraction of sp³-hybridized carbons (Fsp3) is 0.409. The van der Waals surface area contributed by atoms with Gasteiger partial charge in [0.1, 0.15) is 5.75 Å². The lowest BCUT2D eigenvalue weighted by Crippen LogP contribution is -2.37. The van der Waals surface area contributed by atoms with Crippen LogP contribution < -0.4 is 10.1 Å². The molecule has 0 aliphatic rings. The molecular formula is C22H30N2O4S. The number of nitrogens with zero attached hydrogens (tertiary/aromatic N) is 1. The van der Waals surface area contributed by atoms with Crippen LogP contribution in [0.1, 0.15) is 27.7 Å². The monoisotopic (exact) mass is 418 g/mol. The van der Waals surface area contributed by atoms with Crippen molar-refractivity contribution in [2.24, 2.45) is 11.8 Å². The summed E-state index contributed by atoms with van der Waals surface area (Å²) in [5.74, 6) is 0.753. The predicted molar refractivity (Wildman–Crippen MR) is 115 cm³/mol. The minimum absolute atomic E-state index is 0.124. The van der Waals surface area contributed by atoms with Crippen molar-refractivity contribution >= 4 is 21.6 Å². The molecule has 0 saturated carbocycles. The van der Waals surface area contributed by atoms with Crippen LogP contribution in [0.15, 0.2) is 59.5 Å². The Hall–Kier alpha value is -2.38. The van der Waals surface area contributed by atoms with E-state index >= 15 is 0 Å². The van der Waals surface area contributed by atoms with Gasteiger partial charge in [0.25, 0.3) is 5.91 Å². The molecule has 0 atom stereocenters. The zero-order valence-electron chi connectivity index (χ0n) is 17.5. The molecule has 158 valence electrons. The van der Waals surface area contributed by atoms with Gasteiger partial charge in [0.2, 0.25) is 10.0 Å². The Morgan fingerprint density at radius 3 is 2.00 bits per heavy atom. The van der Waals surface area contributed by atoms with Crippen LogP contribution in [0.4, 0.5) is 5.69 Å². The zero-order valence-corrected chi connectivity index (χ0v) is 18.3. The molecule has 6 nitrogen and oxygen atoms in total. The highest BCUT2D eigenvalue weighted by Crippen LogP contribution is 2.21. The van der Waals surface area contributed by atoms with Gasteiger partial charge in [-0.05, 0) is 48.2 Å². The molecule has 0 heterocycles. The Labute approximate surface area is 173 Å². The summed E-state index contributed by atoms with van der Waals surface area (Å²) in [5.41, 5.74) is 0.518. The number of carbonyl (C=O) groups is 1. The van der Waals surface area contributed by atoms with Crippen LogP contribution in [0.2, 0.25) is 0 Å². The second-order valence-electron chi connectivity index (χ2n) is 7.78. The maximum absolute atomic E-state index is 13.0. The number of anilines is 1. The number of sulfonamides is 1. The minimum Gasteiger partial charge on any atom is -0.484 e. The van der Waals surface area contributed by atoms with Crippen molar-refractivity contribution in [2.45, 2.75) is 32.6 Å². The molecule has 2 aromatic rings. The minimum atomic E-state index is -3.59. The number of amides is 1. The van der Waals surface area contributed by atoms with Crippen LogP contribution >= 0.6 is 0 Å². The van der Waals surface area contributed by atoms with E-state index in [1.165, 1.54) is 16.4 Å². The SMILES string of the molecule is CC(C)CN(CC(C)C)S(=O)(=O)c1ccc(NC(=O)COc2ccccc2)cc1. The second-order valence-corrected chi connectivity index (χ2v) is 9.72. The van der Waals surface area contributed by atoms with Gasteiger partial charge in [-0.15, -0.1) is 0 Å². The first-order valence-corrected chi connectivity index (χ1v) is 11.2. The van der Waals surface area contributed by atoms with Gasteiger partial charge in [-0.3, -0.25) is 4.79 Å². The molecule has 0 spiro atoms. The van der Waals surface area contributed by atoms with E-state index in [1.54, 1.807) is 24.3 Å². The van der Waals surface area contributed by atoms with E-state index < -0.39 is 10.0 Å².